The minimum absolute atomic E-state index is 0.178. The SMILES string of the molecule is Cc1cc(C2CCCNC2)oc(=O)c1C(=O)N1CCc2ccccc2C1. The Morgan fingerprint density at radius 2 is 2.08 bits per heavy atom. The van der Waals surface area contributed by atoms with Gasteiger partial charge in [-0.25, -0.2) is 4.79 Å². The van der Waals surface area contributed by atoms with E-state index in [2.05, 4.69) is 11.4 Å². The molecule has 3 heterocycles. The van der Waals surface area contributed by atoms with E-state index in [9.17, 15) is 9.59 Å². The summed E-state index contributed by atoms with van der Waals surface area (Å²) in [7, 11) is 0. The monoisotopic (exact) mass is 352 g/mol. The molecule has 0 radical (unpaired) electrons. The van der Waals surface area contributed by atoms with Crippen LogP contribution in [0.15, 0.2) is 39.5 Å². The third kappa shape index (κ3) is 3.19. The summed E-state index contributed by atoms with van der Waals surface area (Å²) in [5.41, 5.74) is 2.82. The highest BCUT2D eigenvalue weighted by Gasteiger charge is 2.27. The van der Waals surface area contributed by atoms with Crippen molar-refractivity contribution < 1.29 is 9.21 Å². The topological polar surface area (TPSA) is 62.6 Å². The van der Waals surface area contributed by atoms with Gasteiger partial charge in [-0.05, 0) is 55.5 Å². The van der Waals surface area contributed by atoms with Crippen molar-refractivity contribution in [2.75, 3.05) is 19.6 Å². The Kier molecular flexibility index (Phi) is 4.64. The van der Waals surface area contributed by atoms with Gasteiger partial charge in [-0.2, -0.15) is 0 Å². The normalized spacial score (nSPS) is 19.9. The fourth-order valence-corrected chi connectivity index (χ4v) is 4.01. The molecule has 1 saturated heterocycles. The van der Waals surface area contributed by atoms with Crippen molar-refractivity contribution in [1.82, 2.24) is 10.2 Å². The van der Waals surface area contributed by atoms with E-state index in [1.807, 2.05) is 31.2 Å². The molecule has 2 aliphatic rings. The Labute approximate surface area is 153 Å². The van der Waals surface area contributed by atoms with Crippen LogP contribution in [0.4, 0.5) is 0 Å². The molecule has 1 atom stereocenters. The van der Waals surface area contributed by atoms with E-state index < -0.39 is 5.63 Å². The fourth-order valence-electron chi connectivity index (χ4n) is 4.01. The maximum Gasteiger partial charge on any atom is 0.349 e. The summed E-state index contributed by atoms with van der Waals surface area (Å²) in [5, 5.41) is 3.33. The Morgan fingerprint density at radius 1 is 1.27 bits per heavy atom. The van der Waals surface area contributed by atoms with Crippen LogP contribution in [0.25, 0.3) is 0 Å². The number of hydrogen-bond acceptors (Lipinski definition) is 4. The van der Waals surface area contributed by atoms with Crippen molar-refractivity contribution >= 4 is 5.91 Å². The van der Waals surface area contributed by atoms with Crippen molar-refractivity contribution in [1.29, 1.82) is 0 Å². The lowest BCUT2D eigenvalue weighted by Crippen LogP contribution is -2.38. The highest BCUT2D eigenvalue weighted by atomic mass is 16.4. The van der Waals surface area contributed by atoms with Gasteiger partial charge in [0.25, 0.3) is 5.91 Å². The van der Waals surface area contributed by atoms with Crippen LogP contribution in [0, 0.1) is 6.92 Å². The second-order valence-electron chi connectivity index (χ2n) is 7.28. The van der Waals surface area contributed by atoms with E-state index in [0.29, 0.717) is 24.4 Å². The van der Waals surface area contributed by atoms with Crippen molar-refractivity contribution in [3.05, 3.63) is 68.8 Å². The van der Waals surface area contributed by atoms with Gasteiger partial charge in [0.2, 0.25) is 0 Å². The van der Waals surface area contributed by atoms with Gasteiger partial charge in [-0.1, -0.05) is 24.3 Å². The first-order valence-corrected chi connectivity index (χ1v) is 9.35. The molecule has 2 aromatic rings. The summed E-state index contributed by atoms with van der Waals surface area (Å²) in [6, 6.07) is 10.0. The van der Waals surface area contributed by atoms with Crippen LogP contribution in [0.1, 0.15) is 51.6 Å². The molecule has 1 aromatic carbocycles. The van der Waals surface area contributed by atoms with Gasteiger partial charge in [0, 0.05) is 25.6 Å². The quantitative estimate of drug-likeness (QED) is 0.902. The minimum Gasteiger partial charge on any atom is -0.427 e. The molecular formula is C21H24N2O3. The molecule has 5 nitrogen and oxygen atoms in total. The number of amides is 1. The number of carbonyl (C=O) groups excluding carboxylic acids is 1. The van der Waals surface area contributed by atoms with Crippen LogP contribution in [0.5, 0.6) is 0 Å². The lowest BCUT2D eigenvalue weighted by molar-refractivity contribution is 0.0728. The highest BCUT2D eigenvalue weighted by Crippen LogP contribution is 2.25. The molecule has 1 aromatic heterocycles. The van der Waals surface area contributed by atoms with Gasteiger partial charge in [0.1, 0.15) is 11.3 Å². The predicted molar refractivity (Wildman–Crippen MR) is 99.4 cm³/mol. The maximum atomic E-state index is 13.0. The first-order valence-electron chi connectivity index (χ1n) is 9.35. The summed E-state index contributed by atoms with van der Waals surface area (Å²) in [4.78, 5) is 27.3. The predicted octanol–water partition coefficient (Wildman–Crippen LogP) is 2.61. The average Bonchev–Trinajstić information content (AvgIpc) is 2.67. The smallest absolute Gasteiger partial charge is 0.349 e. The number of rotatable bonds is 2. The lowest BCUT2D eigenvalue weighted by atomic mass is 9.95. The largest absolute Gasteiger partial charge is 0.427 e. The molecule has 4 rings (SSSR count). The summed E-state index contributed by atoms with van der Waals surface area (Å²) in [6.07, 6.45) is 2.89. The van der Waals surface area contributed by atoms with E-state index in [0.717, 1.165) is 37.9 Å². The van der Waals surface area contributed by atoms with Gasteiger partial charge < -0.3 is 14.6 Å². The van der Waals surface area contributed by atoms with Crippen LogP contribution in [-0.2, 0) is 13.0 Å². The van der Waals surface area contributed by atoms with Crippen LogP contribution >= 0.6 is 0 Å². The molecule has 1 amide bonds. The Bertz CT molecular complexity index is 881. The molecule has 1 N–H and O–H groups in total. The number of piperidine rings is 1. The minimum atomic E-state index is -0.505. The van der Waals surface area contributed by atoms with Crippen molar-refractivity contribution in [3.63, 3.8) is 0 Å². The zero-order valence-electron chi connectivity index (χ0n) is 15.1. The first-order chi connectivity index (χ1) is 12.6. The summed E-state index contributed by atoms with van der Waals surface area (Å²) >= 11 is 0. The van der Waals surface area contributed by atoms with Crippen LogP contribution < -0.4 is 10.9 Å². The van der Waals surface area contributed by atoms with Gasteiger partial charge in [0.05, 0.1) is 0 Å². The Morgan fingerprint density at radius 3 is 2.81 bits per heavy atom. The van der Waals surface area contributed by atoms with Gasteiger partial charge >= 0.3 is 5.63 Å². The molecule has 2 aliphatic heterocycles. The van der Waals surface area contributed by atoms with Gasteiger partial charge in [-0.3, -0.25) is 4.79 Å². The van der Waals surface area contributed by atoms with E-state index in [1.54, 1.807) is 4.90 Å². The molecule has 1 fully saturated rings. The molecule has 0 spiro atoms. The average molecular weight is 352 g/mol. The van der Waals surface area contributed by atoms with Crippen LogP contribution in [-0.4, -0.2) is 30.4 Å². The third-order valence-corrected chi connectivity index (χ3v) is 5.50. The number of carbonyl (C=O) groups is 1. The summed E-state index contributed by atoms with van der Waals surface area (Å²) < 4.78 is 5.57. The molecule has 0 bridgehead atoms. The number of nitrogens with one attached hydrogen (secondary N) is 1. The number of nitrogens with zero attached hydrogens (tertiary/aromatic N) is 1. The maximum absolute atomic E-state index is 13.0. The second kappa shape index (κ2) is 7.08. The fraction of sp³-hybridized carbons (Fsp3) is 0.429. The standard InChI is InChI=1S/C21H24N2O3/c1-14-11-18(16-7-4-9-22-12-16)26-21(25)19(14)20(24)23-10-8-15-5-2-3-6-17(15)13-23/h2-3,5-6,11,16,22H,4,7-10,12-13H2,1H3. The van der Waals surface area contributed by atoms with Crippen LogP contribution in [0.2, 0.25) is 0 Å². The lowest BCUT2D eigenvalue weighted by Gasteiger charge is -2.29. The van der Waals surface area contributed by atoms with Gasteiger partial charge in [-0.15, -0.1) is 0 Å². The number of benzene rings is 1. The number of fused-ring (bicyclic) bond motifs is 1. The van der Waals surface area contributed by atoms with Crippen LogP contribution in [0.3, 0.4) is 0 Å². The molecule has 26 heavy (non-hydrogen) atoms. The van der Waals surface area contributed by atoms with E-state index in [1.165, 1.54) is 5.56 Å². The van der Waals surface area contributed by atoms with Crippen molar-refractivity contribution in [2.24, 2.45) is 0 Å². The third-order valence-electron chi connectivity index (χ3n) is 5.50. The van der Waals surface area contributed by atoms with Gasteiger partial charge in [0.15, 0.2) is 0 Å². The molecule has 5 heteroatoms. The molecule has 1 unspecified atom stereocenters. The Balaban J connectivity index is 1.59. The number of aryl methyl sites for hydroxylation is 1. The first kappa shape index (κ1) is 17.0. The molecule has 136 valence electrons. The molecule has 0 aliphatic carbocycles. The van der Waals surface area contributed by atoms with E-state index in [4.69, 9.17) is 4.42 Å². The molecular weight excluding hydrogens is 328 g/mol. The summed E-state index contributed by atoms with van der Waals surface area (Å²) in [5.74, 6) is 0.681. The Hall–Kier alpha value is -2.40. The summed E-state index contributed by atoms with van der Waals surface area (Å²) in [6.45, 7) is 4.83. The second-order valence-corrected chi connectivity index (χ2v) is 7.28. The zero-order chi connectivity index (χ0) is 18.1. The van der Waals surface area contributed by atoms with Crippen molar-refractivity contribution in [2.45, 2.75) is 38.6 Å². The highest BCUT2D eigenvalue weighted by molar-refractivity contribution is 5.95. The van der Waals surface area contributed by atoms with E-state index in [-0.39, 0.29) is 17.4 Å². The number of hydrogen-bond donors (Lipinski definition) is 1. The van der Waals surface area contributed by atoms with E-state index >= 15 is 0 Å². The van der Waals surface area contributed by atoms with Crippen molar-refractivity contribution in [3.8, 4) is 0 Å². The molecule has 0 saturated carbocycles. The zero-order valence-corrected chi connectivity index (χ0v) is 15.1.